The summed E-state index contributed by atoms with van der Waals surface area (Å²) in [6.07, 6.45) is 3.39. The molecule has 7 nitrogen and oxygen atoms in total. The number of imidazole rings is 1. The zero-order valence-electron chi connectivity index (χ0n) is 15.4. The fourth-order valence-corrected chi connectivity index (χ4v) is 3.63. The zero-order chi connectivity index (χ0) is 19.0. The first-order valence-electron chi connectivity index (χ1n) is 9.01. The van der Waals surface area contributed by atoms with Crippen LogP contribution in [0.3, 0.4) is 0 Å². The lowest BCUT2D eigenvalue weighted by atomic mass is 10.1. The molecular formula is C20H21N5O2. The fourth-order valence-electron chi connectivity index (χ4n) is 3.63. The van der Waals surface area contributed by atoms with Crippen LogP contribution in [-0.4, -0.2) is 27.3 Å². The molecule has 0 saturated carbocycles. The van der Waals surface area contributed by atoms with Gasteiger partial charge in [0.25, 0.3) is 0 Å². The second kappa shape index (κ2) is 6.89. The van der Waals surface area contributed by atoms with E-state index in [4.69, 9.17) is 10.00 Å². The van der Waals surface area contributed by atoms with Crippen LogP contribution in [0.2, 0.25) is 0 Å². The number of hydrogen-bond donors (Lipinski definition) is 1. The van der Waals surface area contributed by atoms with Gasteiger partial charge in [-0.15, -0.1) is 0 Å². The summed E-state index contributed by atoms with van der Waals surface area (Å²) in [4.78, 5) is 17.3. The van der Waals surface area contributed by atoms with E-state index < -0.39 is 0 Å². The van der Waals surface area contributed by atoms with Crippen molar-refractivity contribution in [1.82, 2.24) is 14.1 Å². The Bertz CT molecular complexity index is 1100. The molecule has 3 aromatic rings. The van der Waals surface area contributed by atoms with E-state index in [9.17, 15) is 4.79 Å². The number of aromatic nitrogens is 3. The summed E-state index contributed by atoms with van der Waals surface area (Å²) >= 11 is 0. The first-order chi connectivity index (χ1) is 13.1. The third-order valence-electron chi connectivity index (χ3n) is 5.15. The second-order valence-corrected chi connectivity index (χ2v) is 6.88. The molecule has 2 aromatic heterocycles. The molecule has 0 unspecified atom stereocenters. The van der Waals surface area contributed by atoms with Crippen molar-refractivity contribution in [3.63, 3.8) is 0 Å². The normalized spacial score (nSPS) is 15.0. The van der Waals surface area contributed by atoms with Crippen LogP contribution < -0.4 is 11.0 Å². The lowest BCUT2D eigenvalue weighted by Gasteiger charge is -2.23. The fraction of sp³-hybridized carbons (Fsp3) is 0.350. The van der Waals surface area contributed by atoms with Gasteiger partial charge >= 0.3 is 5.69 Å². The number of fused-ring (bicyclic) bond motifs is 1. The highest BCUT2D eigenvalue weighted by molar-refractivity contribution is 5.79. The van der Waals surface area contributed by atoms with Crippen LogP contribution in [0.4, 0.5) is 11.5 Å². The predicted octanol–water partition coefficient (Wildman–Crippen LogP) is 3.01. The summed E-state index contributed by atoms with van der Waals surface area (Å²) in [5, 5.41) is 12.3. The Balaban J connectivity index is 1.75. The van der Waals surface area contributed by atoms with E-state index in [1.165, 1.54) is 0 Å². The van der Waals surface area contributed by atoms with Crippen molar-refractivity contribution in [2.24, 2.45) is 7.05 Å². The first-order valence-corrected chi connectivity index (χ1v) is 9.01. The van der Waals surface area contributed by atoms with Gasteiger partial charge in [0.2, 0.25) is 0 Å². The van der Waals surface area contributed by atoms with Crippen LogP contribution in [0.5, 0.6) is 0 Å². The number of benzene rings is 1. The van der Waals surface area contributed by atoms with Gasteiger partial charge < -0.3 is 10.1 Å². The molecule has 0 aliphatic carbocycles. The predicted molar refractivity (Wildman–Crippen MR) is 103 cm³/mol. The minimum atomic E-state index is -0.0228. The maximum Gasteiger partial charge on any atom is 0.329 e. The van der Waals surface area contributed by atoms with Gasteiger partial charge in [-0.1, -0.05) is 0 Å². The van der Waals surface area contributed by atoms with E-state index in [-0.39, 0.29) is 11.7 Å². The van der Waals surface area contributed by atoms with Crippen LogP contribution >= 0.6 is 0 Å². The Hall–Kier alpha value is -3.11. The van der Waals surface area contributed by atoms with Crippen LogP contribution in [0.25, 0.3) is 11.0 Å². The van der Waals surface area contributed by atoms with Crippen molar-refractivity contribution in [3.8, 4) is 6.07 Å². The number of anilines is 2. The van der Waals surface area contributed by atoms with Gasteiger partial charge in [-0.3, -0.25) is 9.13 Å². The first kappa shape index (κ1) is 17.3. The molecule has 1 aliphatic heterocycles. The maximum atomic E-state index is 12.8. The average molecular weight is 363 g/mol. The highest BCUT2D eigenvalue weighted by atomic mass is 16.5. The summed E-state index contributed by atoms with van der Waals surface area (Å²) in [5.41, 5.74) is 4.14. The highest BCUT2D eigenvalue weighted by Gasteiger charge is 2.22. The Morgan fingerprint density at radius 2 is 2.04 bits per heavy atom. The standard InChI is InChI=1S/C20H21N5O2/c1-13-9-14(11-21)3-4-16(13)23-19-10-17-18(12-22-19)24(2)20(26)25(17)15-5-7-27-8-6-15/h3-4,9-10,12,15H,5-8H2,1-2H3,(H,22,23). The number of nitriles is 1. The molecular weight excluding hydrogens is 342 g/mol. The van der Waals surface area contributed by atoms with Crippen LogP contribution in [0.1, 0.15) is 30.0 Å². The number of nitrogens with zero attached hydrogens (tertiary/aromatic N) is 4. The van der Waals surface area contributed by atoms with Crippen molar-refractivity contribution in [2.45, 2.75) is 25.8 Å². The lowest BCUT2D eigenvalue weighted by molar-refractivity contribution is 0.0696. The van der Waals surface area contributed by atoms with Crippen LogP contribution in [0, 0.1) is 18.3 Å². The van der Waals surface area contributed by atoms with E-state index in [1.54, 1.807) is 23.9 Å². The molecule has 1 saturated heterocycles. The van der Waals surface area contributed by atoms with Crippen molar-refractivity contribution in [3.05, 3.63) is 52.1 Å². The SMILES string of the molecule is Cc1cc(C#N)ccc1Nc1cc2c(cn1)n(C)c(=O)n2C1CCOCC1. The Morgan fingerprint density at radius 1 is 1.26 bits per heavy atom. The van der Waals surface area contributed by atoms with E-state index >= 15 is 0 Å². The number of aryl methyl sites for hydroxylation is 2. The van der Waals surface area contributed by atoms with Gasteiger partial charge in [0.15, 0.2) is 0 Å². The molecule has 138 valence electrons. The summed E-state index contributed by atoms with van der Waals surface area (Å²) in [6, 6.07) is 9.68. The lowest BCUT2D eigenvalue weighted by Crippen LogP contribution is -2.29. The Kier molecular flexibility index (Phi) is 4.42. The molecule has 4 rings (SSSR count). The number of hydrogen-bond acceptors (Lipinski definition) is 5. The molecule has 1 N–H and O–H groups in total. The van der Waals surface area contributed by atoms with E-state index in [2.05, 4.69) is 16.4 Å². The number of rotatable bonds is 3. The smallest absolute Gasteiger partial charge is 0.329 e. The highest BCUT2D eigenvalue weighted by Crippen LogP contribution is 2.27. The van der Waals surface area contributed by atoms with Gasteiger partial charge in [-0.25, -0.2) is 9.78 Å². The van der Waals surface area contributed by atoms with Gasteiger partial charge in [-0.05, 0) is 43.5 Å². The number of pyridine rings is 1. The summed E-state index contributed by atoms with van der Waals surface area (Å²) in [5.74, 6) is 0.668. The monoisotopic (exact) mass is 363 g/mol. The zero-order valence-corrected chi connectivity index (χ0v) is 15.4. The second-order valence-electron chi connectivity index (χ2n) is 6.88. The van der Waals surface area contributed by atoms with Crippen molar-refractivity contribution in [2.75, 3.05) is 18.5 Å². The van der Waals surface area contributed by atoms with E-state index in [0.717, 1.165) is 35.1 Å². The Labute approximate surface area is 156 Å². The van der Waals surface area contributed by atoms with Gasteiger partial charge in [0.1, 0.15) is 5.82 Å². The Morgan fingerprint density at radius 3 is 2.74 bits per heavy atom. The molecule has 0 radical (unpaired) electrons. The summed E-state index contributed by atoms with van der Waals surface area (Å²) < 4.78 is 8.96. The third kappa shape index (κ3) is 3.09. The van der Waals surface area contributed by atoms with Crippen molar-refractivity contribution >= 4 is 22.5 Å². The molecule has 0 bridgehead atoms. The molecule has 3 heterocycles. The number of ether oxygens (including phenoxy) is 1. The maximum absolute atomic E-state index is 12.8. The summed E-state index contributed by atoms with van der Waals surface area (Å²) in [7, 11) is 1.78. The minimum absolute atomic E-state index is 0.0228. The third-order valence-corrected chi connectivity index (χ3v) is 5.15. The summed E-state index contributed by atoms with van der Waals surface area (Å²) in [6.45, 7) is 3.30. The van der Waals surface area contributed by atoms with Crippen LogP contribution in [-0.2, 0) is 11.8 Å². The van der Waals surface area contributed by atoms with Gasteiger partial charge in [0, 0.05) is 38.1 Å². The topological polar surface area (TPSA) is 84.9 Å². The van der Waals surface area contributed by atoms with E-state index in [0.29, 0.717) is 24.6 Å². The number of nitrogens with one attached hydrogen (secondary N) is 1. The largest absolute Gasteiger partial charge is 0.381 e. The average Bonchev–Trinajstić information content (AvgIpc) is 2.94. The molecule has 27 heavy (non-hydrogen) atoms. The quantitative estimate of drug-likeness (QED) is 0.773. The van der Waals surface area contributed by atoms with Crippen molar-refractivity contribution < 1.29 is 4.74 Å². The van der Waals surface area contributed by atoms with E-state index in [1.807, 2.05) is 29.7 Å². The molecule has 1 aliphatic rings. The van der Waals surface area contributed by atoms with Crippen molar-refractivity contribution in [1.29, 1.82) is 5.26 Å². The molecule has 0 atom stereocenters. The van der Waals surface area contributed by atoms with Gasteiger partial charge in [-0.2, -0.15) is 5.26 Å². The molecule has 7 heteroatoms. The van der Waals surface area contributed by atoms with Gasteiger partial charge in [0.05, 0.1) is 28.9 Å². The molecule has 1 aromatic carbocycles. The molecule has 1 fully saturated rings. The van der Waals surface area contributed by atoms with Crippen LogP contribution in [0.15, 0.2) is 35.3 Å². The molecule has 0 spiro atoms. The minimum Gasteiger partial charge on any atom is -0.381 e. The molecule has 0 amide bonds.